The predicted octanol–water partition coefficient (Wildman–Crippen LogP) is 1.82. The average molecular weight is 683 g/mol. The molecule has 0 spiro atoms. The van der Waals surface area contributed by atoms with E-state index in [1.54, 1.807) is 36.4 Å². The van der Waals surface area contributed by atoms with Crippen LogP contribution in [0.5, 0.6) is 0 Å². The van der Waals surface area contributed by atoms with Crippen LogP contribution in [0.2, 0.25) is 0 Å². The average Bonchev–Trinajstić information content (AvgIpc) is 3.82. The number of hydrogen-bond donors (Lipinski definition) is 0. The van der Waals surface area contributed by atoms with Crippen molar-refractivity contribution in [2.75, 3.05) is 0 Å². The van der Waals surface area contributed by atoms with Gasteiger partial charge >= 0.3 is 52.4 Å². The van der Waals surface area contributed by atoms with Crippen LogP contribution in [-0.4, -0.2) is 14.2 Å². The fourth-order valence-corrected chi connectivity index (χ4v) is 2.50. The van der Waals surface area contributed by atoms with Gasteiger partial charge in [-0.05, 0) is 0 Å². The molecule has 0 atom stereocenters. The van der Waals surface area contributed by atoms with Gasteiger partial charge in [0.1, 0.15) is 0 Å². The Labute approximate surface area is 277 Å². The van der Waals surface area contributed by atoms with E-state index in [4.69, 9.17) is 0 Å². The van der Waals surface area contributed by atoms with Crippen molar-refractivity contribution in [1.82, 2.24) is 0 Å². The van der Waals surface area contributed by atoms with Crippen molar-refractivity contribution in [3.05, 3.63) is 182 Å². The van der Waals surface area contributed by atoms with Gasteiger partial charge in [-0.1, -0.05) is 74.9 Å². The Morgan fingerprint density at radius 1 is 0.325 bits per heavy atom. The first kappa shape index (κ1) is 39.7. The van der Waals surface area contributed by atoms with Crippen LogP contribution >= 0.6 is 0 Å². The van der Waals surface area contributed by atoms with E-state index in [1.165, 1.54) is 24.3 Å². The molecule has 0 unspecified atom stereocenters. The van der Waals surface area contributed by atoms with E-state index in [2.05, 4.69) is 0 Å². The quantitative estimate of drug-likeness (QED) is 0.206. The number of benzene rings is 2. The van der Waals surface area contributed by atoms with Crippen molar-refractivity contribution < 1.29 is 72.5 Å². The van der Waals surface area contributed by atoms with Crippen molar-refractivity contribution in [3.63, 3.8) is 0 Å². The van der Waals surface area contributed by atoms with Gasteiger partial charge in [0, 0.05) is 0 Å². The molecule has 0 aromatic heterocycles. The summed E-state index contributed by atoms with van der Waals surface area (Å²) >= 11 is 0. The Morgan fingerprint density at radius 3 is 0.625 bits per heavy atom. The van der Waals surface area contributed by atoms with Crippen LogP contribution in [0.1, 0.15) is 0 Å². The molecule has 0 amide bonds. The molecular weight excluding hydrogens is 652 g/mol. The summed E-state index contributed by atoms with van der Waals surface area (Å²) in [6.45, 7) is 0. The second-order valence-electron chi connectivity index (χ2n) is 7.33. The van der Waals surface area contributed by atoms with Crippen molar-refractivity contribution >= 4 is 25.2 Å². The summed E-state index contributed by atoms with van der Waals surface area (Å²) < 4.78 is 0. The second-order valence-corrected chi connectivity index (χ2v) is 7.33. The third-order valence-electron chi connectivity index (χ3n) is 4.37. The molecule has 0 aliphatic heterocycles. The molecule has 0 fully saturated rings. The maximum absolute atomic E-state index is 10.2. The minimum atomic E-state index is -1.84. The predicted molar refractivity (Wildman–Crippen MR) is 152 cm³/mol. The minimum absolute atomic E-state index is 0. The topological polar surface area (TPSA) is 92.2 Å². The van der Waals surface area contributed by atoms with Gasteiger partial charge in [-0.25, -0.2) is 48.5 Å². The minimum Gasteiger partial charge on any atom is -0.889 e. The van der Waals surface area contributed by atoms with Gasteiger partial charge in [-0.15, -0.1) is 10.9 Å². The molecular formula is C32H30B2O4Zr2. The van der Waals surface area contributed by atoms with Gasteiger partial charge in [-0.2, -0.15) is 72.8 Å². The Morgan fingerprint density at radius 2 is 0.525 bits per heavy atom. The number of rotatable bonds is 2. The molecule has 0 aliphatic rings. The first-order valence-corrected chi connectivity index (χ1v) is 12.0. The van der Waals surface area contributed by atoms with Crippen molar-refractivity contribution in [2.24, 2.45) is 0 Å². The normalized spacial score (nSPS) is 8.10. The first-order chi connectivity index (χ1) is 18.6. The Balaban J connectivity index is 0. The Kier molecular flexibility index (Phi) is 29.3. The van der Waals surface area contributed by atoms with Crippen molar-refractivity contribution in [1.29, 1.82) is 0 Å². The first-order valence-electron chi connectivity index (χ1n) is 12.0. The molecule has 6 aromatic rings. The summed E-state index contributed by atoms with van der Waals surface area (Å²) in [6, 6.07) is 56.4. The van der Waals surface area contributed by atoms with E-state index in [1.807, 2.05) is 121 Å². The zero-order valence-corrected chi connectivity index (χ0v) is 27.0. The van der Waals surface area contributed by atoms with Gasteiger partial charge in [0.25, 0.3) is 0 Å². The second kappa shape index (κ2) is 29.6. The van der Waals surface area contributed by atoms with Crippen LogP contribution in [0.3, 0.4) is 0 Å². The van der Waals surface area contributed by atoms with Crippen molar-refractivity contribution in [2.45, 2.75) is 0 Å². The van der Waals surface area contributed by atoms with E-state index in [0.717, 1.165) is 0 Å². The fourth-order valence-electron chi connectivity index (χ4n) is 2.50. The van der Waals surface area contributed by atoms with Crippen molar-refractivity contribution in [3.8, 4) is 0 Å². The summed E-state index contributed by atoms with van der Waals surface area (Å²) in [7, 11) is -3.68. The molecule has 0 saturated carbocycles. The molecule has 0 bridgehead atoms. The Bertz CT molecular complexity index is 932. The SMILES string of the molecule is [O-]B([O-])c1ccccc1.[O-]B([O-])c1ccccc1.[Zr+4].[Zr+4].c1cc[cH-]c1.c1cc[cH-]c1.c1cc[cH-]c1.c1cc[cH-]c1. The fraction of sp³-hybridized carbons (Fsp3) is 0. The van der Waals surface area contributed by atoms with Gasteiger partial charge in [0.15, 0.2) is 0 Å². The summed E-state index contributed by atoms with van der Waals surface area (Å²) in [4.78, 5) is 0. The monoisotopic (exact) mass is 680 g/mol. The Hall–Kier alpha value is -2.42. The third-order valence-corrected chi connectivity index (χ3v) is 4.37. The van der Waals surface area contributed by atoms with Crippen LogP contribution < -0.4 is 31.0 Å². The molecule has 6 aromatic carbocycles. The molecule has 196 valence electrons. The van der Waals surface area contributed by atoms with E-state index in [9.17, 15) is 20.1 Å². The molecule has 8 heteroatoms. The van der Waals surface area contributed by atoms with Gasteiger partial charge in [0.2, 0.25) is 0 Å². The largest absolute Gasteiger partial charge is 4.00 e. The standard InChI is InChI=1S/2C6H5BO2.4C5H5.2Zr/c2*8-7(9)6-4-2-1-3-5-6;4*1-2-4-5-3-1;;/h2*1-5H;4*1-5H;;/q2*-2;4*-1;2*+4. The molecule has 0 saturated heterocycles. The van der Waals surface area contributed by atoms with Crippen LogP contribution in [0.15, 0.2) is 182 Å². The van der Waals surface area contributed by atoms with Gasteiger partial charge < -0.3 is 20.1 Å². The zero-order valence-electron chi connectivity index (χ0n) is 22.1. The third kappa shape index (κ3) is 24.6. The molecule has 0 radical (unpaired) electrons. The molecule has 0 heterocycles. The van der Waals surface area contributed by atoms with Gasteiger partial charge in [-0.3, -0.25) is 0 Å². The molecule has 0 N–H and O–H groups in total. The summed E-state index contributed by atoms with van der Waals surface area (Å²) in [5.74, 6) is 0. The van der Waals surface area contributed by atoms with E-state index >= 15 is 0 Å². The summed E-state index contributed by atoms with van der Waals surface area (Å²) in [5, 5.41) is 40.7. The van der Waals surface area contributed by atoms with E-state index in [-0.39, 0.29) is 52.4 Å². The van der Waals surface area contributed by atoms with Crippen LogP contribution in [0.25, 0.3) is 0 Å². The van der Waals surface area contributed by atoms with Crippen LogP contribution in [0, 0.1) is 0 Å². The van der Waals surface area contributed by atoms with Crippen LogP contribution in [0.4, 0.5) is 0 Å². The van der Waals surface area contributed by atoms with Gasteiger partial charge in [0.05, 0.1) is 0 Å². The molecule has 40 heavy (non-hydrogen) atoms. The summed E-state index contributed by atoms with van der Waals surface area (Å²) in [5.41, 5.74) is 0.606. The molecule has 4 nitrogen and oxygen atoms in total. The van der Waals surface area contributed by atoms with E-state index in [0.29, 0.717) is 10.9 Å². The molecule has 6 rings (SSSR count). The maximum Gasteiger partial charge on any atom is 4.00 e. The van der Waals surface area contributed by atoms with Crippen LogP contribution in [-0.2, 0) is 52.4 Å². The zero-order chi connectivity index (χ0) is 27.5. The maximum atomic E-state index is 10.2. The smallest absolute Gasteiger partial charge is 0.889 e. The van der Waals surface area contributed by atoms with E-state index < -0.39 is 14.2 Å². The molecule has 0 aliphatic carbocycles. The summed E-state index contributed by atoms with van der Waals surface area (Å²) in [6.07, 6.45) is 0. The number of hydrogen-bond acceptors (Lipinski definition) is 4.